The summed E-state index contributed by atoms with van der Waals surface area (Å²) in [5.41, 5.74) is 6.00. The number of nitrogens with two attached hydrogens (primary N) is 1. The number of methoxy groups -OCH3 is 1. The highest BCUT2D eigenvalue weighted by Gasteiger charge is 2.16. The summed E-state index contributed by atoms with van der Waals surface area (Å²) in [5.74, 6) is 0.591. The maximum absolute atomic E-state index is 12.0. The van der Waals surface area contributed by atoms with Gasteiger partial charge in [0.2, 0.25) is 0 Å². The second-order valence-electron chi connectivity index (χ2n) is 3.48. The largest absolute Gasteiger partial charge is 0.495 e. The first-order valence-corrected chi connectivity index (χ1v) is 6.47. The molecule has 96 valence electrons. The van der Waals surface area contributed by atoms with Crippen LogP contribution >= 0.6 is 0 Å². The van der Waals surface area contributed by atoms with Crippen LogP contribution in [0.2, 0.25) is 0 Å². The van der Waals surface area contributed by atoms with E-state index in [9.17, 15) is 8.42 Å². The number of anilines is 2. The number of aromatic amines is 1. The highest BCUT2D eigenvalue weighted by Crippen LogP contribution is 2.25. The standard InChI is InChI=1S/C10H12N4O3S/c1-17-9-6-7(2-3-8(9)11)18(15,16)14-10-4-5-12-13-10/h2-6H,11H2,1H3,(H2,12,13,14). The minimum absolute atomic E-state index is 0.0585. The van der Waals surface area contributed by atoms with Crippen LogP contribution in [0.4, 0.5) is 11.5 Å². The normalized spacial score (nSPS) is 11.2. The quantitative estimate of drug-likeness (QED) is 0.710. The predicted octanol–water partition coefficient (Wildman–Crippen LogP) is 0.801. The number of ether oxygens (including phenoxy) is 1. The van der Waals surface area contributed by atoms with Crippen LogP contribution in [0.25, 0.3) is 0 Å². The maximum atomic E-state index is 12.0. The molecular formula is C10H12N4O3S. The van der Waals surface area contributed by atoms with Crippen molar-refractivity contribution < 1.29 is 13.2 Å². The van der Waals surface area contributed by atoms with Crippen molar-refractivity contribution in [2.24, 2.45) is 0 Å². The number of nitrogens with zero attached hydrogens (tertiary/aromatic N) is 1. The molecule has 4 N–H and O–H groups in total. The van der Waals surface area contributed by atoms with Crippen LogP contribution in [0.3, 0.4) is 0 Å². The summed E-state index contributed by atoms with van der Waals surface area (Å²) < 4.78 is 31.4. The second kappa shape index (κ2) is 4.57. The number of aromatic nitrogens is 2. The van der Waals surface area contributed by atoms with Gasteiger partial charge in [0.25, 0.3) is 10.0 Å². The summed E-state index contributed by atoms with van der Waals surface area (Å²) in [6.07, 6.45) is 1.45. The lowest BCUT2D eigenvalue weighted by Crippen LogP contribution is -2.13. The Morgan fingerprint density at radius 3 is 2.78 bits per heavy atom. The van der Waals surface area contributed by atoms with Crippen LogP contribution in [-0.4, -0.2) is 25.7 Å². The van der Waals surface area contributed by atoms with Crippen molar-refractivity contribution in [2.75, 3.05) is 17.6 Å². The van der Waals surface area contributed by atoms with Crippen molar-refractivity contribution in [3.63, 3.8) is 0 Å². The first-order valence-electron chi connectivity index (χ1n) is 4.98. The van der Waals surface area contributed by atoms with Gasteiger partial charge in [-0.2, -0.15) is 5.10 Å². The molecule has 0 saturated carbocycles. The van der Waals surface area contributed by atoms with E-state index in [1.165, 1.54) is 37.6 Å². The lowest BCUT2D eigenvalue weighted by atomic mass is 10.3. The van der Waals surface area contributed by atoms with Gasteiger partial charge in [-0.05, 0) is 12.1 Å². The van der Waals surface area contributed by atoms with Crippen molar-refractivity contribution in [3.05, 3.63) is 30.5 Å². The van der Waals surface area contributed by atoms with Gasteiger partial charge in [0.15, 0.2) is 0 Å². The molecule has 7 nitrogen and oxygen atoms in total. The molecule has 0 radical (unpaired) electrons. The molecule has 0 aliphatic heterocycles. The van der Waals surface area contributed by atoms with E-state index < -0.39 is 10.0 Å². The van der Waals surface area contributed by atoms with Gasteiger partial charge in [0.05, 0.1) is 23.9 Å². The van der Waals surface area contributed by atoms with Gasteiger partial charge in [0, 0.05) is 12.1 Å². The number of H-pyrrole nitrogens is 1. The van der Waals surface area contributed by atoms with E-state index in [1.54, 1.807) is 0 Å². The number of nitrogens with one attached hydrogen (secondary N) is 2. The molecule has 1 heterocycles. The number of nitrogen functional groups attached to an aromatic ring is 1. The van der Waals surface area contributed by atoms with Crippen LogP contribution in [0, 0.1) is 0 Å². The SMILES string of the molecule is COc1cc(S(=O)(=O)Nc2ccn[nH]2)ccc1N. The van der Waals surface area contributed by atoms with Crippen LogP contribution in [0.1, 0.15) is 0 Å². The molecule has 2 aromatic rings. The Kier molecular flexibility index (Phi) is 3.11. The van der Waals surface area contributed by atoms with Gasteiger partial charge in [-0.3, -0.25) is 9.82 Å². The van der Waals surface area contributed by atoms with Crippen molar-refractivity contribution >= 4 is 21.5 Å². The fourth-order valence-electron chi connectivity index (χ4n) is 1.38. The molecule has 1 aromatic heterocycles. The summed E-state index contributed by atoms with van der Waals surface area (Å²) in [6, 6.07) is 5.73. The van der Waals surface area contributed by atoms with Gasteiger partial charge in [0.1, 0.15) is 11.6 Å². The van der Waals surface area contributed by atoms with E-state index in [0.717, 1.165) is 0 Å². The average Bonchev–Trinajstić information content (AvgIpc) is 2.81. The lowest BCUT2D eigenvalue weighted by Gasteiger charge is -2.09. The molecule has 0 atom stereocenters. The highest BCUT2D eigenvalue weighted by molar-refractivity contribution is 7.92. The summed E-state index contributed by atoms with van der Waals surface area (Å²) in [4.78, 5) is 0.0585. The Morgan fingerprint density at radius 2 is 2.17 bits per heavy atom. The molecule has 0 saturated heterocycles. The Morgan fingerprint density at radius 1 is 1.39 bits per heavy atom. The van der Waals surface area contributed by atoms with Crippen LogP contribution in [-0.2, 0) is 10.0 Å². The number of hydrogen-bond donors (Lipinski definition) is 3. The van der Waals surface area contributed by atoms with Crippen molar-refractivity contribution in [2.45, 2.75) is 4.90 Å². The van der Waals surface area contributed by atoms with Crippen LogP contribution in [0.5, 0.6) is 5.75 Å². The predicted molar refractivity (Wildman–Crippen MR) is 66.8 cm³/mol. The summed E-state index contributed by atoms with van der Waals surface area (Å²) in [5, 5.41) is 6.16. The zero-order chi connectivity index (χ0) is 13.2. The third-order valence-corrected chi connectivity index (χ3v) is 3.62. The number of sulfonamides is 1. The fraction of sp³-hybridized carbons (Fsp3) is 0.100. The van der Waals surface area contributed by atoms with Crippen LogP contribution in [0.15, 0.2) is 35.4 Å². The highest BCUT2D eigenvalue weighted by atomic mass is 32.2. The minimum atomic E-state index is -3.69. The van der Waals surface area contributed by atoms with E-state index in [4.69, 9.17) is 10.5 Å². The molecule has 0 bridgehead atoms. The molecule has 0 unspecified atom stereocenters. The summed E-state index contributed by atoms with van der Waals surface area (Å²) in [7, 11) is -2.27. The van der Waals surface area contributed by atoms with Crippen molar-refractivity contribution in [1.29, 1.82) is 0 Å². The zero-order valence-corrected chi connectivity index (χ0v) is 10.4. The molecule has 8 heteroatoms. The molecule has 0 aliphatic carbocycles. The van der Waals surface area contributed by atoms with Gasteiger partial charge in [-0.25, -0.2) is 8.42 Å². The van der Waals surface area contributed by atoms with Crippen molar-refractivity contribution in [1.82, 2.24) is 10.2 Å². The summed E-state index contributed by atoms with van der Waals surface area (Å²) >= 11 is 0. The zero-order valence-electron chi connectivity index (χ0n) is 9.54. The molecule has 2 rings (SSSR count). The van der Waals surface area contributed by atoms with E-state index in [0.29, 0.717) is 11.4 Å². The van der Waals surface area contributed by atoms with Gasteiger partial charge in [-0.15, -0.1) is 0 Å². The molecule has 0 aliphatic rings. The molecule has 0 fully saturated rings. The third-order valence-electron chi connectivity index (χ3n) is 2.26. The monoisotopic (exact) mass is 268 g/mol. The molecule has 0 amide bonds. The van der Waals surface area contributed by atoms with E-state index in [2.05, 4.69) is 14.9 Å². The van der Waals surface area contributed by atoms with Crippen molar-refractivity contribution in [3.8, 4) is 5.75 Å². The van der Waals surface area contributed by atoms with E-state index in [1.807, 2.05) is 0 Å². The average molecular weight is 268 g/mol. The van der Waals surface area contributed by atoms with Gasteiger partial charge < -0.3 is 10.5 Å². The second-order valence-corrected chi connectivity index (χ2v) is 5.16. The first kappa shape index (κ1) is 12.2. The molecule has 18 heavy (non-hydrogen) atoms. The Bertz CT molecular complexity index is 637. The third kappa shape index (κ3) is 2.38. The summed E-state index contributed by atoms with van der Waals surface area (Å²) in [6.45, 7) is 0. The molecule has 1 aromatic carbocycles. The van der Waals surface area contributed by atoms with Crippen LogP contribution < -0.4 is 15.2 Å². The topological polar surface area (TPSA) is 110 Å². The smallest absolute Gasteiger partial charge is 0.263 e. The van der Waals surface area contributed by atoms with E-state index in [-0.39, 0.29) is 10.7 Å². The van der Waals surface area contributed by atoms with Gasteiger partial charge in [-0.1, -0.05) is 0 Å². The van der Waals surface area contributed by atoms with E-state index >= 15 is 0 Å². The Hall–Kier alpha value is -2.22. The number of rotatable bonds is 4. The number of benzene rings is 1. The first-order chi connectivity index (χ1) is 8.53. The fourth-order valence-corrected chi connectivity index (χ4v) is 2.41. The minimum Gasteiger partial charge on any atom is -0.495 e. The lowest BCUT2D eigenvalue weighted by molar-refractivity contribution is 0.415. The molecule has 0 spiro atoms. The Balaban J connectivity index is 2.35. The Labute approximate surface area is 104 Å². The van der Waals surface area contributed by atoms with Gasteiger partial charge >= 0.3 is 0 Å². The molecular weight excluding hydrogens is 256 g/mol. The maximum Gasteiger partial charge on any atom is 0.263 e. The number of hydrogen-bond acceptors (Lipinski definition) is 5.